The number of thiophene rings is 1. The zero-order chi connectivity index (χ0) is 13.1. The Bertz CT molecular complexity index is 536. The number of halogens is 2. The summed E-state index contributed by atoms with van der Waals surface area (Å²) in [5.74, 6) is 0. The predicted molar refractivity (Wildman–Crippen MR) is 86.2 cm³/mol. The second-order valence-electron chi connectivity index (χ2n) is 4.30. The molecule has 1 heterocycles. The maximum atomic E-state index is 3.55. The fraction of sp³-hybridized carbons (Fsp3) is 0.286. The van der Waals surface area contributed by atoms with Gasteiger partial charge in [-0.15, -0.1) is 11.3 Å². The third kappa shape index (κ3) is 3.67. The van der Waals surface area contributed by atoms with Crippen LogP contribution < -0.4 is 5.32 Å². The Kier molecular flexibility index (Phi) is 5.01. The van der Waals surface area contributed by atoms with E-state index in [9.17, 15) is 0 Å². The van der Waals surface area contributed by atoms with Crippen LogP contribution in [0.25, 0.3) is 0 Å². The Morgan fingerprint density at radius 1 is 1.17 bits per heavy atom. The molecule has 4 heteroatoms. The SMILES string of the molecule is Cc1ccc(C(C)NCc2ccc(Br)c(Br)c2)s1. The van der Waals surface area contributed by atoms with Crippen molar-refractivity contribution in [2.24, 2.45) is 0 Å². The van der Waals surface area contributed by atoms with Gasteiger partial charge in [-0.25, -0.2) is 0 Å². The lowest BCUT2D eigenvalue weighted by atomic mass is 10.2. The van der Waals surface area contributed by atoms with Crippen molar-refractivity contribution in [3.05, 3.63) is 54.6 Å². The molecule has 96 valence electrons. The first-order chi connectivity index (χ1) is 8.56. The fourth-order valence-electron chi connectivity index (χ4n) is 1.71. The molecule has 2 rings (SSSR count). The van der Waals surface area contributed by atoms with Gasteiger partial charge >= 0.3 is 0 Å². The fourth-order valence-corrected chi connectivity index (χ4v) is 3.28. The average molecular weight is 389 g/mol. The summed E-state index contributed by atoms with van der Waals surface area (Å²) in [5, 5.41) is 3.55. The summed E-state index contributed by atoms with van der Waals surface area (Å²) >= 11 is 8.87. The lowest BCUT2D eigenvalue weighted by Crippen LogP contribution is -2.17. The number of hydrogen-bond donors (Lipinski definition) is 1. The van der Waals surface area contributed by atoms with E-state index in [1.165, 1.54) is 15.3 Å². The number of aryl methyl sites for hydroxylation is 1. The van der Waals surface area contributed by atoms with Crippen LogP contribution in [0, 0.1) is 6.92 Å². The van der Waals surface area contributed by atoms with Crippen LogP contribution in [0.2, 0.25) is 0 Å². The van der Waals surface area contributed by atoms with E-state index in [1.54, 1.807) is 0 Å². The number of benzene rings is 1. The molecule has 1 aromatic heterocycles. The van der Waals surface area contributed by atoms with Crippen LogP contribution in [0.5, 0.6) is 0 Å². The third-order valence-electron chi connectivity index (χ3n) is 2.78. The van der Waals surface area contributed by atoms with Crippen molar-refractivity contribution in [3.8, 4) is 0 Å². The normalized spacial score (nSPS) is 12.7. The molecule has 1 nitrogen and oxygen atoms in total. The van der Waals surface area contributed by atoms with Crippen molar-refractivity contribution in [2.75, 3.05) is 0 Å². The standard InChI is InChI=1S/C14H15Br2NS/c1-9-3-6-14(18-9)10(2)17-8-11-4-5-12(15)13(16)7-11/h3-7,10,17H,8H2,1-2H3. The second kappa shape index (κ2) is 6.33. The maximum Gasteiger partial charge on any atom is 0.0388 e. The molecule has 18 heavy (non-hydrogen) atoms. The quantitative estimate of drug-likeness (QED) is 0.735. The van der Waals surface area contributed by atoms with E-state index >= 15 is 0 Å². The molecule has 0 radical (unpaired) electrons. The predicted octanol–water partition coefficient (Wildman–Crippen LogP) is 5.43. The van der Waals surface area contributed by atoms with Crippen LogP contribution in [0.4, 0.5) is 0 Å². The van der Waals surface area contributed by atoms with E-state index in [0.29, 0.717) is 6.04 Å². The Morgan fingerprint density at radius 2 is 1.94 bits per heavy atom. The van der Waals surface area contributed by atoms with Crippen molar-refractivity contribution >= 4 is 43.2 Å². The zero-order valence-corrected chi connectivity index (χ0v) is 14.3. The topological polar surface area (TPSA) is 12.0 Å². The van der Waals surface area contributed by atoms with Gasteiger partial charge in [-0.05, 0) is 75.5 Å². The average Bonchev–Trinajstić information content (AvgIpc) is 2.77. The van der Waals surface area contributed by atoms with E-state index in [1.807, 2.05) is 11.3 Å². The van der Waals surface area contributed by atoms with E-state index in [2.05, 4.69) is 81.4 Å². The van der Waals surface area contributed by atoms with Crippen molar-refractivity contribution in [3.63, 3.8) is 0 Å². The first kappa shape index (κ1) is 14.3. The Morgan fingerprint density at radius 3 is 2.56 bits per heavy atom. The van der Waals surface area contributed by atoms with E-state index in [4.69, 9.17) is 0 Å². The molecule has 0 saturated carbocycles. The molecule has 0 amide bonds. The van der Waals surface area contributed by atoms with Crippen LogP contribution >= 0.6 is 43.2 Å². The van der Waals surface area contributed by atoms with Crippen LogP contribution in [-0.4, -0.2) is 0 Å². The van der Waals surface area contributed by atoms with Gasteiger partial charge in [0.05, 0.1) is 0 Å². The van der Waals surface area contributed by atoms with Crippen LogP contribution in [0.3, 0.4) is 0 Å². The summed E-state index contributed by atoms with van der Waals surface area (Å²) in [6.07, 6.45) is 0. The largest absolute Gasteiger partial charge is 0.305 e. The summed E-state index contributed by atoms with van der Waals surface area (Å²) in [6, 6.07) is 11.1. The smallest absolute Gasteiger partial charge is 0.0388 e. The maximum absolute atomic E-state index is 3.55. The van der Waals surface area contributed by atoms with Crippen molar-refractivity contribution in [2.45, 2.75) is 26.4 Å². The zero-order valence-electron chi connectivity index (χ0n) is 10.3. The first-order valence-electron chi connectivity index (χ1n) is 5.80. The van der Waals surface area contributed by atoms with Gasteiger partial charge in [0.2, 0.25) is 0 Å². The van der Waals surface area contributed by atoms with Gasteiger partial charge in [0.15, 0.2) is 0 Å². The Labute approximate surface area is 129 Å². The molecule has 0 aliphatic heterocycles. The highest BCUT2D eigenvalue weighted by Crippen LogP contribution is 2.25. The molecule has 1 unspecified atom stereocenters. The molecule has 0 spiro atoms. The van der Waals surface area contributed by atoms with Crippen LogP contribution in [0.1, 0.15) is 28.3 Å². The molecule has 0 saturated heterocycles. The minimum absolute atomic E-state index is 0.395. The Balaban J connectivity index is 1.97. The molecule has 1 atom stereocenters. The highest BCUT2D eigenvalue weighted by atomic mass is 79.9. The highest BCUT2D eigenvalue weighted by molar-refractivity contribution is 9.13. The van der Waals surface area contributed by atoms with Gasteiger partial charge < -0.3 is 5.32 Å². The van der Waals surface area contributed by atoms with Crippen LogP contribution in [-0.2, 0) is 6.54 Å². The monoisotopic (exact) mass is 387 g/mol. The molecule has 0 aliphatic carbocycles. The number of nitrogens with one attached hydrogen (secondary N) is 1. The molecule has 0 fully saturated rings. The van der Waals surface area contributed by atoms with Crippen molar-refractivity contribution in [1.82, 2.24) is 5.32 Å². The molecule has 0 bridgehead atoms. The van der Waals surface area contributed by atoms with Gasteiger partial charge in [-0.2, -0.15) is 0 Å². The van der Waals surface area contributed by atoms with Gasteiger partial charge in [0.1, 0.15) is 0 Å². The summed E-state index contributed by atoms with van der Waals surface area (Å²) < 4.78 is 2.19. The number of hydrogen-bond acceptors (Lipinski definition) is 2. The molecule has 2 aromatic rings. The molecule has 1 aromatic carbocycles. The molecular weight excluding hydrogens is 374 g/mol. The molecular formula is C14H15Br2NS. The second-order valence-corrected chi connectivity index (χ2v) is 7.33. The first-order valence-corrected chi connectivity index (χ1v) is 8.20. The van der Waals surface area contributed by atoms with Gasteiger partial charge in [-0.1, -0.05) is 6.07 Å². The van der Waals surface area contributed by atoms with E-state index in [-0.39, 0.29) is 0 Å². The summed E-state index contributed by atoms with van der Waals surface area (Å²) in [6.45, 7) is 5.23. The lowest BCUT2D eigenvalue weighted by Gasteiger charge is -2.12. The van der Waals surface area contributed by atoms with E-state index in [0.717, 1.165) is 15.5 Å². The minimum atomic E-state index is 0.395. The molecule has 1 N–H and O–H groups in total. The minimum Gasteiger partial charge on any atom is -0.305 e. The Hall–Kier alpha value is -0.160. The third-order valence-corrected chi connectivity index (χ3v) is 5.85. The summed E-state index contributed by atoms with van der Waals surface area (Å²) in [4.78, 5) is 2.76. The summed E-state index contributed by atoms with van der Waals surface area (Å²) in [7, 11) is 0. The van der Waals surface area contributed by atoms with Crippen molar-refractivity contribution < 1.29 is 0 Å². The van der Waals surface area contributed by atoms with Crippen LogP contribution in [0.15, 0.2) is 39.3 Å². The van der Waals surface area contributed by atoms with Gasteiger partial charge in [0, 0.05) is 31.3 Å². The van der Waals surface area contributed by atoms with Crippen molar-refractivity contribution in [1.29, 1.82) is 0 Å². The van der Waals surface area contributed by atoms with Gasteiger partial charge in [0.25, 0.3) is 0 Å². The van der Waals surface area contributed by atoms with E-state index < -0.39 is 0 Å². The van der Waals surface area contributed by atoms with Gasteiger partial charge in [-0.3, -0.25) is 0 Å². The summed E-state index contributed by atoms with van der Waals surface area (Å²) in [5.41, 5.74) is 1.28. The highest BCUT2D eigenvalue weighted by Gasteiger charge is 2.07. The lowest BCUT2D eigenvalue weighted by molar-refractivity contribution is 0.583. The molecule has 0 aliphatic rings. The number of rotatable bonds is 4.